The average molecular weight is 514 g/mol. The fourth-order valence-corrected chi connectivity index (χ4v) is 6.13. The van der Waals surface area contributed by atoms with E-state index in [4.69, 9.17) is 16.6 Å². The lowest BCUT2D eigenvalue weighted by Gasteiger charge is -2.31. The molecule has 0 radical (unpaired) electrons. The lowest BCUT2D eigenvalue weighted by atomic mass is 10.00. The van der Waals surface area contributed by atoms with E-state index in [1.165, 1.54) is 10.4 Å². The minimum absolute atomic E-state index is 0.00417. The zero-order valence-electron chi connectivity index (χ0n) is 20.6. The number of benzene rings is 1. The van der Waals surface area contributed by atoms with Gasteiger partial charge in [-0.15, -0.1) is 11.3 Å². The molecule has 2 N–H and O–H groups in total. The fourth-order valence-electron chi connectivity index (χ4n) is 4.76. The number of piperazine rings is 1. The quantitative estimate of drug-likeness (QED) is 0.643. The predicted octanol–water partition coefficient (Wildman–Crippen LogP) is 2.67. The molecule has 1 aromatic heterocycles. The van der Waals surface area contributed by atoms with Crippen LogP contribution >= 0.6 is 22.9 Å². The summed E-state index contributed by atoms with van der Waals surface area (Å²) >= 11 is 7.95. The number of amides is 1. The Morgan fingerprint density at radius 2 is 1.91 bits per heavy atom. The maximum Gasteiger partial charge on any atom is 0.234 e. The Morgan fingerprint density at radius 3 is 2.63 bits per heavy atom. The van der Waals surface area contributed by atoms with Crippen molar-refractivity contribution in [3.8, 4) is 0 Å². The molecule has 2 aromatic rings. The van der Waals surface area contributed by atoms with Crippen LogP contribution in [0.1, 0.15) is 28.5 Å². The number of amidine groups is 1. The standard InChI is InChI=1S/C25H32ClN7OS/c1-15-16(2)35-25-22(15)23(18-5-7-19(26)8-6-18)28-20(24-30-29-17(3)33(24)25)13-27-21(34)14-32-11-9-31(4)10-12-32/h5-8,17,20,29H,9-14H2,1-4H3,(H,27,34)/t17?,20-/m0/s1. The van der Waals surface area contributed by atoms with Crippen LogP contribution in [0.5, 0.6) is 0 Å². The molecule has 1 saturated heterocycles. The summed E-state index contributed by atoms with van der Waals surface area (Å²) in [5.74, 6) is 0.860. The van der Waals surface area contributed by atoms with Gasteiger partial charge in [-0.25, -0.2) is 0 Å². The zero-order chi connectivity index (χ0) is 24.7. The van der Waals surface area contributed by atoms with E-state index < -0.39 is 0 Å². The number of hydrogen-bond donors (Lipinski definition) is 2. The summed E-state index contributed by atoms with van der Waals surface area (Å²) in [5.41, 5.74) is 7.49. The highest BCUT2D eigenvalue weighted by atomic mass is 35.5. The van der Waals surface area contributed by atoms with Crippen LogP contribution in [-0.4, -0.2) is 85.8 Å². The van der Waals surface area contributed by atoms with Gasteiger partial charge in [-0.2, -0.15) is 5.10 Å². The van der Waals surface area contributed by atoms with Gasteiger partial charge in [-0.05, 0) is 45.5 Å². The van der Waals surface area contributed by atoms with Crippen LogP contribution in [0.2, 0.25) is 5.02 Å². The minimum Gasteiger partial charge on any atom is -0.352 e. The van der Waals surface area contributed by atoms with Crippen LogP contribution < -0.4 is 15.6 Å². The summed E-state index contributed by atoms with van der Waals surface area (Å²) in [7, 11) is 2.12. The van der Waals surface area contributed by atoms with Gasteiger partial charge >= 0.3 is 0 Å². The molecule has 0 bridgehead atoms. The van der Waals surface area contributed by atoms with E-state index in [1.807, 2.05) is 24.3 Å². The number of anilines is 1. The molecule has 0 spiro atoms. The van der Waals surface area contributed by atoms with Gasteiger partial charge in [0.25, 0.3) is 0 Å². The second kappa shape index (κ2) is 9.89. The summed E-state index contributed by atoms with van der Waals surface area (Å²) in [6.45, 7) is 11.0. The highest BCUT2D eigenvalue weighted by Crippen LogP contribution is 2.41. The van der Waals surface area contributed by atoms with Crippen molar-refractivity contribution in [2.75, 3.05) is 51.2 Å². The normalized spacial score (nSPS) is 22.6. The van der Waals surface area contributed by atoms with Crippen molar-refractivity contribution in [3.05, 3.63) is 50.9 Å². The van der Waals surface area contributed by atoms with E-state index in [0.717, 1.165) is 53.9 Å². The molecule has 5 rings (SSSR count). The van der Waals surface area contributed by atoms with Crippen LogP contribution in [-0.2, 0) is 4.79 Å². The Kier molecular flexibility index (Phi) is 6.85. The first-order chi connectivity index (χ1) is 16.8. The zero-order valence-corrected chi connectivity index (χ0v) is 22.2. The first kappa shape index (κ1) is 24.2. The number of nitrogens with zero attached hydrogens (tertiary/aromatic N) is 5. The molecule has 1 aromatic carbocycles. The van der Waals surface area contributed by atoms with E-state index in [0.29, 0.717) is 18.1 Å². The molecule has 4 heterocycles. The maximum absolute atomic E-state index is 12.8. The SMILES string of the molecule is Cc1sc2c(c1C)C(c1ccc(Cl)cc1)=N[C@@H](CNC(=O)CN1CCN(C)CC1)C1=NNC(C)N12. The lowest BCUT2D eigenvalue weighted by Crippen LogP contribution is -2.50. The van der Waals surface area contributed by atoms with E-state index in [-0.39, 0.29) is 18.1 Å². The smallest absolute Gasteiger partial charge is 0.234 e. The Labute approximate surface area is 215 Å². The maximum atomic E-state index is 12.8. The number of carbonyl (C=O) groups excluding carboxylic acids is 1. The number of thiophene rings is 1. The van der Waals surface area contributed by atoms with E-state index >= 15 is 0 Å². The second-order valence-electron chi connectivity index (χ2n) is 9.49. The average Bonchev–Trinajstić information content (AvgIpc) is 3.31. The Balaban J connectivity index is 1.45. The minimum atomic E-state index is -0.311. The first-order valence-corrected chi connectivity index (χ1v) is 13.3. The number of aliphatic imine (C=N–C) groups is 1. The van der Waals surface area contributed by atoms with Crippen LogP contribution in [0.15, 0.2) is 34.4 Å². The molecular formula is C25H32ClN7OS. The fraction of sp³-hybridized carbons (Fsp3) is 0.480. The monoisotopic (exact) mass is 513 g/mol. The number of fused-ring (bicyclic) bond motifs is 3. The van der Waals surface area contributed by atoms with E-state index in [9.17, 15) is 4.79 Å². The number of carbonyl (C=O) groups is 1. The summed E-state index contributed by atoms with van der Waals surface area (Å²) < 4.78 is 0. The third-order valence-electron chi connectivity index (χ3n) is 6.98. The Bertz CT molecular complexity index is 1170. The number of likely N-dealkylation sites (N-methyl/N-ethyl adjacent to an activating group) is 1. The first-order valence-electron chi connectivity index (χ1n) is 12.1. The molecule has 0 saturated carbocycles. The molecular weight excluding hydrogens is 482 g/mol. The van der Waals surface area contributed by atoms with Crippen LogP contribution in [0, 0.1) is 13.8 Å². The molecule has 1 amide bonds. The van der Waals surface area contributed by atoms with Crippen LogP contribution in [0.25, 0.3) is 0 Å². The van der Waals surface area contributed by atoms with Crippen molar-refractivity contribution in [3.63, 3.8) is 0 Å². The molecule has 1 unspecified atom stereocenters. The number of rotatable bonds is 5. The summed E-state index contributed by atoms with van der Waals surface area (Å²) in [5, 5.41) is 9.63. The molecule has 3 aliphatic rings. The lowest BCUT2D eigenvalue weighted by molar-refractivity contribution is -0.122. The highest BCUT2D eigenvalue weighted by molar-refractivity contribution is 7.17. The molecule has 0 aliphatic carbocycles. The van der Waals surface area contributed by atoms with Crippen molar-refractivity contribution in [2.45, 2.75) is 33.0 Å². The van der Waals surface area contributed by atoms with Gasteiger partial charge in [-0.1, -0.05) is 23.7 Å². The van der Waals surface area contributed by atoms with Crippen molar-refractivity contribution < 1.29 is 4.79 Å². The molecule has 186 valence electrons. The Hall–Kier alpha value is -2.46. The number of halogens is 1. The van der Waals surface area contributed by atoms with Gasteiger partial charge in [0, 0.05) is 53.8 Å². The van der Waals surface area contributed by atoms with Gasteiger partial charge in [0.1, 0.15) is 17.2 Å². The largest absolute Gasteiger partial charge is 0.352 e. The van der Waals surface area contributed by atoms with Gasteiger partial charge < -0.3 is 10.2 Å². The van der Waals surface area contributed by atoms with Crippen LogP contribution in [0.3, 0.4) is 0 Å². The molecule has 10 heteroatoms. The number of hydrogen-bond acceptors (Lipinski definition) is 8. The van der Waals surface area contributed by atoms with Crippen LogP contribution in [0.4, 0.5) is 5.00 Å². The third-order valence-corrected chi connectivity index (χ3v) is 8.44. The van der Waals surface area contributed by atoms with E-state index in [2.05, 4.69) is 58.4 Å². The predicted molar refractivity (Wildman–Crippen MR) is 144 cm³/mol. The van der Waals surface area contributed by atoms with Crippen molar-refractivity contribution >= 4 is 45.4 Å². The molecule has 1 fully saturated rings. The second-order valence-corrected chi connectivity index (χ2v) is 11.1. The molecule has 2 atom stereocenters. The summed E-state index contributed by atoms with van der Waals surface area (Å²) in [4.78, 5) is 26.1. The number of hydrazone groups is 1. The summed E-state index contributed by atoms with van der Waals surface area (Å²) in [6, 6.07) is 7.51. The van der Waals surface area contributed by atoms with Crippen molar-refractivity contribution in [2.24, 2.45) is 10.1 Å². The van der Waals surface area contributed by atoms with Gasteiger partial charge in [-0.3, -0.25) is 25.0 Å². The number of aryl methyl sites for hydroxylation is 1. The molecule has 3 aliphatic heterocycles. The third kappa shape index (κ3) is 4.82. The van der Waals surface area contributed by atoms with Crippen molar-refractivity contribution in [1.29, 1.82) is 0 Å². The van der Waals surface area contributed by atoms with Gasteiger partial charge in [0.05, 0.1) is 12.3 Å². The molecule has 35 heavy (non-hydrogen) atoms. The topological polar surface area (TPSA) is 75.6 Å². The summed E-state index contributed by atoms with van der Waals surface area (Å²) in [6.07, 6.45) is 0.00417. The van der Waals surface area contributed by atoms with Gasteiger partial charge in [0.15, 0.2) is 5.84 Å². The van der Waals surface area contributed by atoms with E-state index in [1.54, 1.807) is 11.3 Å². The highest BCUT2D eigenvalue weighted by Gasteiger charge is 2.39. The molecule has 8 nitrogen and oxygen atoms in total. The number of nitrogens with one attached hydrogen (secondary N) is 2. The Morgan fingerprint density at radius 1 is 1.20 bits per heavy atom. The van der Waals surface area contributed by atoms with Crippen molar-refractivity contribution in [1.82, 2.24) is 20.5 Å². The van der Waals surface area contributed by atoms with Gasteiger partial charge in [0.2, 0.25) is 5.91 Å².